The predicted octanol–water partition coefficient (Wildman–Crippen LogP) is 2.13. The molecule has 0 heterocycles. The Morgan fingerprint density at radius 3 is 2.53 bits per heavy atom. The zero-order valence-electron chi connectivity index (χ0n) is 8.30. The van der Waals surface area contributed by atoms with Gasteiger partial charge in [-0.05, 0) is 31.0 Å². The molecule has 0 radical (unpaired) electrons. The zero-order chi connectivity index (χ0) is 11.5. The van der Waals surface area contributed by atoms with Gasteiger partial charge in [0.2, 0.25) is 0 Å². The molecule has 1 N–H and O–H groups in total. The number of aliphatic hydroxyl groups excluding tert-OH is 1. The van der Waals surface area contributed by atoms with Crippen molar-refractivity contribution in [1.82, 2.24) is 0 Å². The number of hydrogen-bond donors (Lipinski definition) is 1. The molecule has 80 valence electrons. The summed E-state index contributed by atoms with van der Waals surface area (Å²) in [6.07, 6.45) is 0.189. The molecular weight excluding hydrogens is 200 g/mol. The Bertz CT molecular complexity index is 400. The summed E-state index contributed by atoms with van der Waals surface area (Å²) in [4.78, 5) is 0. The van der Waals surface area contributed by atoms with Gasteiger partial charge in [0.25, 0.3) is 0 Å². The number of rotatable bonds is 3. The monoisotopic (exact) mass is 211 g/mol. The van der Waals surface area contributed by atoms with Crippen LogP contribution in [0.5, 0.6) is 0 Å². The fourth-order valence-electron chi connectivity index (χ4n) is 1.33. The summed E-state index contributed by atoms with van der Waals surface area (Å²) in [6, 6.07) is 5.33. The highest BCUT2D eigenvalue weighted by molar-refractivity contribution is 5.32. The van der Waals surface area contributed by atoms with Crippen molar-refractivity contribution < 1.29 is 13.9 Å². The van der Waals surface area contributed by atoms with Crippen LogP contribution in [0.25, 0.3) is 0 Å². The molecule has 2 nitrogen and oxygen atoms in total. The largest absolute Gasteiger partial charge is 0.396 e. The maximum atomic E-state index is 12.9. The van der Waals surface area contributed by atoms with Crippen LogP contribution in [-0.2, 0) is 5.41 Å². The Kier molecular flexibility index (Phi) is 3.38. The van der Waals surface area contributed by atoms with Crippen LogP contribution in [0.4, 0.5) is 8.78 Å². The van der Waals surface area contributed by atoms with Crippen LogP contribution in [0, 0.1) is 23.0 Å². The first-order chi connectivity index (χ1) is 7.03. The Labute approximate surface area is 86.8 Å². The van der Waals surface area contributed by atoms with E-state index in [1.54, 1.807) is 6.92 Å². The first kappa shape index (κ1) is 11.6. The molecule has 1 aromatic carbocycles. The number of aliphatic hydroxyl groups is 1. The molecule has 1 rings (SSSR count). The molecule has 0 aromatic heterocycles. The molecule has 1 unspecified atom stereocenters. The van der Waals surface area contributed by atoms with E-state index in [-0.39, 0.29) is 13.0 Å². The molecule has 4 heteroatoms. The van der Waals surface area contributed by atoms with Gasteiger partial charge in [-0.1, -0.05) is 6.07 Å². The summed E-state index contributed by atoms with van der Waals surface area (Å²) < 4.78 is 25.6. The SMILES string of the molecule is CC(C#N)(CCO)c1ccc(F)c(F)c1. The lowest BCUT2D eigenvalue weighted by atomic mass is 9.81. The van der Waals surface area contributed by atoms with E-state index in [0.717, 1.165) is 12.1 Å². The summed E-state index contributed by atoms with van der Waals surface area (Å²) in [7, 11) is 0. The molecule has 0 fully saturated rings. The maximum Gasteiger partial charge on any atom is 0.159 e. The Hall–Kier alpha value is -1.47. The molecule has 0 saturated carbocycles. The van der Waals surface area contributed by atoms with Crippen LogP contribution in [0.2, 0.25) is 0 Å². The van der Waals surface area contributed by atoms with E-state index < -0.39 is 17.0 Å². The van der Waals surface area contributed by atoms with Gasteiger partial charge >= 0.3 is 0 Å². The zero-order valence-corrected chi connectivity index (χ0v) is 8.30. The van der Waals surface area contributed by atoms with Gasteiger partial charge in [0.1, 0.15) is 0 Å². The fourth-order valence-corrected chi connectivity index (χ4v) is 1.33. The lowest BCUT2D eigenvalue weighted by molar-refractivity contribution is 0.263. The molecule has 1 aromatic rings. The van der Waals surface area contributed by atoms with Crippen molar-refractivity contribution in [3.63, 3.8) is 0 Å². The third-order valence-corrected chi connectivity index (χ3v) is 2.42. The maximum absolute atomic E-state index is 12.9. The highest BCUT2D eigenvalue weighted by Gasteiger charge is 2.26. The molecule has 0 aliphatic heterocycles. The van der Waals surface area contributed by atoms with Crippen molar-refractivity contribution in [2.45, 2.75) is 18.8 Å². The summed E-state index contributed by atoms with van der Waals surface area (Å²) in [5, 5.41) is 17.8. The van der Waals surface area contributed by atoms with Gasteiger partial charge in [0.05, 0.1) is 11.5 Å². The second-order valence-electron chi connectivity index (χ2n) is 3.55. The Morgan fingerprint density at radius 2 is 2.07 bits per heavy atom. The van der Waals surface area contributed by atoms with Crippen LogP contribution >= 0.6 is 0 Å². The van der Waals surface area contributed by atoms with Crippen molar-refractivity contribution in [3.8, 4) is 6.07 Å². The standard InChI is InChI=1S/C11H11F2NO/c1-11(7-14,4-5-15)8-2-3-9(12)10(13)6-8/h2-3,6,15H,4-5H2,1H3. The van der Waals surface area contributed by atoms with Crippen molar-refractivity contribution >= 4 is 0 Å². The topological polar surface area (TPSA) is 44.0 Å². The Balaban J connectivity index is 3.14. The average Bonchev–Trinajstić information content (AvgIpc) is 2.22. The number of benzene rings is 1. The van der Waals surface area contributed by atoms with E-state index in [9.17, 15) is 8.78 Å². The normalized spacial score (nSPS) is 14.3. The molecule has 0 spiro atoms. The second kappa shape index (κ2) is 4.37. The van der Waals surface area contributed by atoms with E-state index in [1.165, 1.54) is 6.07 Å². The predicted molar refractivity (Wildman–Crippen MR) is 51.0 cm³/mol. The number of halogens is 2. The smallest absolute Gasteiger partial charge is 0.159 e. The van der Waals surface area contributed by atoms with Gasteiger partial charge in [0, 0.05) is 6.61 Å². The first-order valence-electron chi connectivity index (χ1n) is 4.51. The van der Waals surface area contributed by atoms with E-state index in [2.05, 4.69) is 0 Å². The summed E-state index contributed by atoms with van der Waals surface area (Å²) in [6.45, 7) is 1.40. The lowest BCUT2D eigenvalue weighted by Gasteiger charge is -2.20. The van der Waals surface area contributed by atoms with Gasteiger partial charge in [0.15, 0.2) is 11.6 Å². The van der Waals surface area contributed by atoms with Crippen molar-refractivity contribution in [2.75, 3.05) is 6.61 Å². The summed E-state index contributed by atoms with van der Waals surface area (Å²) in [5.41, 5.74) is -0.610. The van der Waals surface area contributed by atoms with E-state index in [4.69, 9.17) is 10.4 Å². The minimum absolute atomic E-state index is 0.178. The van der Waals surface area contributed by atoms with Crippen LogP contribution in [-0.4, -0.2) is 11.7 Å². The number of nitrogens with zero attached hydrogens (tertiary/aromatic N) is 1. The molecule has 15 heavy (non-hydrogen) atoms. The first-order valence-corrected chi connectivity index (χ1v) is 4.51. The molecule has 0 saturated heterocycles. The van der Waals surface area contributed by atoms with Crippen molar-refractivity contribution in [1.29, 1.82) is 5.26 Å². The molecule has 0 aliphatic rings. The van der Waals surface area contributed by atoms with Crippen LogP contribution < -0.4 is 0 Å². The molecule has 0 aliphatic carbocycles. The van der Waals surface area contributed by atoms with Gasteiger partial charge < -0.3 is 5.11 Å². The van der Waals surface area contributed by atoms with Gasteiger partial charge in [-0.25, -0.2) is 8.78 Å². The van der Waals surface area contributed by atoms with Gasteiger partial charge in [-0.15, -0.1) is 0 Å². The second-order valence-corrected chi connectivity index (χ2v) is 3.55. The molecule has 0 bridgehead atoms. The van der Waals surface area contributed by atoms with E-state index in [1.807, 2.05) is 6.07 Å². The van der Waals surface area contributed by atoms with Gasteiger partial charge in [-0.3, -0.25) is 0 Å². The van der Waals surface area contributed by atoms with Gasteiger partial charge in [-0.2, -0.15) is 5.26 Å². The highest BCUT2D eigenvalue weighted by atomic mass is 19.2. The quantitative estimate of drug-likeness (QED) is 0.832. The number of nitriles is 1. The summed E-state index contributed by atoms with van der Waals surface area (Å²) >= 11 is 0. The molecular formula is C11H11F2NO. The number of hydrogen-bond acceptors (Lipinski definition) is 2. The highest BCUT2D eigenvalue weighted by Crippen LogP contribution is 2.27. The van der Waals surface area contributed by atoms with Crippen LogP contribution in [0.3, 0.4) is 0 Å². The van der Waals surface area contributed by atoms with E-state index >= 15 is 0 Å². The minimum atomic E-state index is -0.983. The third-order valence-electron chi connectivity index (χ3n) is 2.42. The minimum Gasteiger partial charge on any atom is -0.396 e. The summed E-state index contributed by atoms with van der Waals surface area (Å²) in [5.74, 6) is -1.92. The molecule has 1 atom stereocenters. The lowest BCUT2D eigenvalue weighted by Crippen LogP contribution is -2.21. The average molecular weight is 211 g/mol. The third kappa shape index (κ3) is 2.31. The molecule has 0 amide bonds. The van der Waals surface area contributed by atoms with Crippen molar-refractivity contribution in [2.24, 2.45) is 0 Å². The fraction of sp³-hybridized carbons (Fsp3) is 0.364. The van der Waals surface area contributed by atoms with Crippen LogP contribution in [0.1, 0.15) is 18.9 Å². The van der Waals surface area contributed by atoms with E-state index in [0.29, 0.717) is 5.56 Å². The van der Waals surface area contributed by atoms with Crippen molar-refractivity contribution in [3.05, 3.63) is 35.4 Å². The Morgan fingerprint density at radius 1 is 1.40 bits per heavy atom. The van der Waals surface area contributed by atoms with Crippen LogP contribution in [0.15, 0.2) is 18.2 Å².